The molecule has 122 valence electrons. The Morgan fingerprint density at radius 1 is 1.17 bits per heavy atom. The van der Waals surface area contributed by atoms with Crippen LogP contribution in [0, 0.1) is 11.6 Å². The van der Waals surface area contributed by atoms with Crippen molar-refractivity contribution in [2.45, 2.75) is 6.54 Å². The molecule has 3 aromatic rings. The Morgan fingerprint density at radius 3 is 2.62 bits per heavy atom. The second-order valence-corrected chi connectivity index (χ2v) is 5.46. The van der Waals surface area contributed by atoms with Crippen LogP contribution in [0.25, 0.3) is 5.69 Å². The molecule has 2 aromatic carbocycles. The van der Waals surface area contributed by atoms with Gasteiger partial charge in [-0.1, -0.05) is 29.8 Å². The fraction of sp³-hybridized carbons (Fsp3) is 0.0588. The Morgan fingerprint density at radius 2 is 1.88 bits per heavy atom. The van der Waals surface area contributed by atoms with E-state index in [9.17, 15) is 13.6 Å². The third-order valence-electron chi connectivity index (χ3n) is 3.36. The van der Waals surface area contributed by atoms with Crippen molar-refractivity contribution in [2.24, 2.45) is 0 Å². The van der Waals surface area contributed by atoms with Gasteiger partial charge in [-0.2, -0.15) is 5.10 Å². The van der Waals surface area contributed by atoms with Crippen LogP contribution < -0.4 is 5.32 Å². The molecule has 0 bridgehead atoms. The number of amides is 1. The van der Waals surface area contributed by atoms with Crippen LogP contribution in [0.3, 0.4) is 0 Å². The van der Waals surface area contributed by atoms with Gasteiger partial charge in [0, 0.05) is 18.3 Å². The lowest BCUT2D eigenvalue weighted by molar-refractivity contribution is 0.0950. The Kier molecular flexibility index (Phi) is 4.57. The molecule has 1 heterocycles. The van der Waals surface area contributed by atoms with Crippen molar-refractivity contribution in [3.05, 3.63) is 82.6 Å². The minimum Gasteiger partial charge on any atom is -0.348 e. The molecule has 7 heteroatoms. The maximum atomic E-state index is 13.2. The maximum Gasteiger partial charge on any atom is 0.253 e. The number of benzene rings is 2. The number of halogens is 3. The Balaban J connectivity index is 1.69. The predicted molar refractivity (Wildman–Crippen MR) is 86.1 cm³/mol. The number of aromatic nitrogens is 2. The maximum absolute atomic E-state index is 13.2. The number of carbonyl (C=O) groups is 1. The van der Waals surface area contributed by atoms with Gasteiger partial charge in [-0.15, -0.1) is 0 Å². The quantitative estimate of drug-likeness (QED) is 0.731. The van der Waals surface area contributed by atoms with Gasteiger partial charge in [-0.05, 0) is 24.3 Å². The van der Waals surface area contributed by atoms with Crippen molar-refractivity contribution in [3.63, 3.8) is 0 Å². The molecule has 24 heavy (non-hydrogen) atoms. The van der Waals surface area contributed by atoms with Crippen LogP contribution in [-0.2, 0) is 6.54 Å². The average molecular weight is 348 g/mol. The van der Waals surface area contributed by atoms with E-state index >= 15 is 0 Å². The zero-order valence-electron chi connectivity index (χ0n) is 12.3. The molecule has 4 nitrogen and oxygen atoms in total. The van der Waals surface area contributed by atoms with Crippen molar-refractivity contribution in [2.75, 3.05) is 0 Å². The Labute approximate surface area is 141 Å². The van der Waals surface area contributed by atoms with E-state index in [0.29, 0.717) is 0 Å². The van der Waals surface area contributed by atoms with Crippen molar-refractivity contribution in [1.29, 1.82) is 0 Å². The van der Waals surface area contributed by atoms with E-state index in [1.807, 2.05) is 30.3 Å². The second-order valence-electron chi connectivity index (χ2n) is 5.06. The number of hydrogen-bond acceptors (Lipinski definition) is 2. The summed E-state index contributed by atoms with van der Waals surface area (Å²) in [5.41, 5.74) is 1.52. The van der Waals surface area contributed by atoms with Gasteiger partial charge in [0.15, 0.2) is 11.6 Å². The number of nitrogens with one attached hydrogen (secondary N) is 1. The van der Waals surface area contributed by atoms with Crippen LogP contribution in [0.15, 0.2) is 54.9 Å². The van der Waals surface area contributed by atoms with Crippen LogP contribution >= 0.6 is 11.6 Å². The number of para-hydroxylation sites is 1. The summed E-state index contributed by atoms with van der Waals surface area (Å²) in [4.78, 5) is 12.1. The topological polar surface area (TPSA) is 46.9 Å². The highest BCUT2D eigenvalue weighted by atomic mass is 35.5. The minimum absolute atomic E-state index is 0.119. The summed E-state index contributed by atoms with van der Waals surface area (Å²) < 4.78 is 28.0. The van der Waals surface area contributed by atoms with Gasteiger partial charge in [-0.3, -0.25) is 4.79 Å². The molecule has 1 amide bonds. The fourth-order valence-electron chi connectivity index (χ4n) is 2.15. The largest absolute Gasteiger partial charge is 0.348 e. The molecule has 0 fully saturated rings. The highest BCUT2D eigenvalue weighted by Crippen LogP contribution is 2.20. The van der Waals surface area contributed by atoms with E-state index in [0.717, 1.165) is 23.4 Å². The summed E-state index contributed by atoms with van der Waals surface area (Å²) in [7, 11) is 0. The van der Waals surface area contributed by atoms with E-state index in [-0.39, 0.29) is 17.1 Å². The van der Waals surface area contributed by atoms with Crippen molar-refractivity contribution in [1.82, 2.24) is 15.1 Å². The molecule has 3 rings (SSSR count). The van der Waals surface area contributed by atoms with Crippen molar-refractivity contribution >= 4 is 17.5 Å². The van der Waals surface area contributed by atoms with Gasteiger partial charge in [-0.25, -0.2) is 13.5 Å². The molecule has 0 spiro atoms. The predicted octanol–water partition coefficient (Wildman–Crippen LogP) is 3.73. The zero-order chi connectivity index (χ0) is 17.1. The molecular weight excluding hydrogens is 336 g/mol. The lowest BCUT2D eigenvalue weighted by Gasteiger charge is -2.06. The van der Waals surface area contributed by atoms with Gasteiger partial charge >= 0.3 is 0 Å². The zero-order valence-corrected chi connectivity index (χ0v) is 13.1. The molecule has 0 aliphatic heterocycles. The van der Waals surface area contributed by atoms with Crippen molar-refractivity contribution < 1.29 is 13.6 Å². The highest BCUT2D eigenvalue weighted by molar-refractivity contribution is 6.33. The number of hydrogen-bond donors (Lipinski definition) is 1. The third-order valence-corrected chi connectivity index (χ3v) is 3.68. The molecular formula is C17H12ClF2N3O. The van der Waals surface area contributed by atoms with E-state index in [4.69, 9.17) is 11.6 Å². The second kappa shape index (κ2) is 6.80. The normalized spacial score (nSPS) is 10.6. The monoisotopic (exact) mass is 347 g/mol. The molecule has 0 saturated carbocycles. The van der Waals surface area contributed by atoms with E-state index in [1.165, 1.54) is 0 Å². The fourth-order valence-corrected chi connectivity index (χ4v) is 2.38. The SMILES string of the molecule is O=C(NCc1cnn(-c2ccccc2)c1)c1cc(F)c(F)cc1Cl. The van der Waals surface area contributed by atoms with Crippen LogP contribution in [0.5, 0.6) is 0 Å². The summed E-state index contributed by atoms with van der Waals surface area (Å²) in [5.74, 6) is -2.81. The highest BCUT2D eigenvalue weighted by Gasteiger charge is 2.15. The van der Waals surface area contributed by atoms with Crippen LogP contribution in [0.1, 0.15) is 15.9 Å². The smallest absolute Gasteiger partial charge is 0.253 e. The first kappa shape index (κ1) is 16.1. The van der Waals surface area contributed by atoms with E-state index in [2.05, 4.69) is 10.4 Å². The van der Waals surface area contributed by atoms with Gasteiger partial charge in [0.25, 0.3) is 5.91 Å². The summed E-state index contributed by atoms with van der Waals surface area (Å²) in [5, 5.41) is 6.66. The molecule has 0 atom stereocenters. The molecule has 1 N–H and O–H groups in total. The van der Waals surface area contributed by atoms with E-state index in [1.54, 1.807) is 17.1 Å². The molecule has 0 radical (unpaired) electrons. The van der Waals surface area contributed by atoms with Crippen molar-refractivity contribution in [3.8, 4) is 5.69 Å². The molecule has 1 aromatic heterocycles. The van der Waals surface area contributed by atoms with Gasteiger partial charge < -0.3 is 5.32 Å². The lowest BCUT2D eigenvalue weighted by atomic mass is 10.2. The first-order chi connectivity index (χ1) is 11.5. The number of carbonyl (C=O) groups excluding carboxylic acids is 1. The molecule has 0 saturated heterocycles. The Hall–Kier alpha value is -2.73. The van der Waals surface area contributed by atoms with Gasteiger partial charge in [0.1, 0.15) is 0 Å². The third kappa shape index (κ3) is 3.44. The Bertz CT molecular complexity index is 881. The standard InChI is InChI=1S/C17H12ClF2N3O/c18-14-7-16(20)15(19)6-13(14)17(24)21-8-11-9-22-23(10-11)12-4-2-1-3-5-12/h1-7,9-10H,8H2,(H,21,24). The van der Waals surface area contributed by atoms with Crippen LogP contribution in [0.4, 0.5) is 8.78 Å². The molecule has 0 unspecified atom stereocenters. The minimum atomic E-state index is -1.12. The summed E-state index contributed by atoms with van der Waals surface area (Å²) >= 11 is 5.78. The van der Waals surface area contributed by atoms with Crippen LogP contribution in [-0.4, -0.2) is 15.7 Å². The van der Waals surface area contributed by atoms with Gasteiger partial charge in [0.2, 0.25) is 0 Å². The first-order valence-electron chi connectivity index (χ1n) is 7.06. The average Bonchev–Trinajstić information content (AvgIpc) is 3.06. The number of rotatable bonds is 4. The first-order valence-corrected chi connectivity index (χ1v) is 7.44. The number of nitrogens with zero attached hydrogens (tertiary/aromatic N) is 2. The lowest BCUT2D eigenvalue weighted by Crippen LogP contribution is -2.23. The van der Waals surface area contributed by atoms with E-state index < -0.39 is 17.5 Å². The molecule has 0 aliphatic rings. The van der Waals surface area contributed by atoms with Gasteiger partial charge in [0.05, 0.1) is 22.5 Å². The summed E-state index contributed by atoms with van der Waals surface area (Å²) in [6.07, 6.45) is 3.38. The summed E-state index contributed by atoms with van der Waals surface area (Å²) in [6, 6.07) is 11.0. The summed E-state index contributed by atoms with van der Waals surface area (Å²) in [6.45, 7) is 0.182. The van der Waals surface area contributed by atoms with Crippen LogP contribution in [0.2, 0.25) is 5.02 Å². The molecule has 0 aliphatic carbocycles.